The first-order valence-electron chi connectivity index (χ1n) is 16.2. The van der Waals surface area contributed by atoms with Gasteiger partial charge in [-0.15, -0.1) is 0 Å². The van der Waals surface area contributed by atoms with Crippen molar-refractivity contribution in [2.45, 2.75) is 112 Å². The summed E-state index contributed by atoms with van der Waals surface area (Å²) in [6.45, 7) is 18.4. The van der Waals surface area contributed by atoms with Crippen LogP contribution >= 0.6 is 0 Å². The molecule has 0 amide bonds. The lowest BCUT2D eigenvalue weighted by molar-refractivity contribution is -0.206. The summed E-state index contributed by atoms with van der Waals surface area (Å²) in [6, 6.07) is 0. The Kier molecular flexibility index (Phi) is 9.02. The van der Waals surface area contributed by atoms with Gasteiger partial charge in [0.05, 0.1) is 24.7 Å². The van der Waals surface area contributed by atoms with Gasteiger partial charge in [-0.25, -0.2) is 0 Å². The molecular weight excluding hydrogens is 502 g/mol. The van der Waals surface area contributed by atoms with E-state index in [-0.39, 0.29) is 46.9 Å². The maximum Gasteiger partial charge on any atom is 0.310 e. The van der Waals surface area contributed by atoms with Gasteiger partial charge in [-0.1, -0.05) is 60.1 Å². The quantitative estimate of drug-likeness (QED) is 0.219. The molecule has 0 heterocycles. The van der Waals surface area contributed by atoms with Gasteiger partial charge < -0.3 is 25.7 Å². The fourth-order valence-corrected chi connectivity index (χ4v) is 11.1. The highest BCUT2D eigenvalue weighted by Crippen LogP contribution is 2.75. The van der Waals surface area contributed by atoms with Crippen molar-refractivity contribution < 1.29 is 25.2 Å². The van der Waals surface area contributed by atoms with Crippen LogP contribution in [0.2, 0.25) is 0 Å². The molecule has 6 nitrogen and oxygen atoms in total. The van der Waals surface area contributed by atoms with E-state index in [1.165, 1.54) is 18.4 Å². The number of aliphatic hydroxyl groups is 3. The van der Waals surface area contributed by atoms with E-state index in [4.69, 9.17) is 10.2 Å². The molecule has 40 heavy (non-hydrogen) atoms. The largest absolute Gasteiger partial charge is 0.481 e. The fraction of sp³-hybridized carbons (Fsp3) is 0.912. The van der Waals surface area contributed by atoms with Gasteiger partial charge in [0.2, 0.25) is 0 Å². The smallest absolute Gasteiger partial charge is 0.310 e. The molecule has 0 radical (unpaired) electrons. The second-order valence-electron chi connectivity index (χ2n) is 15.7. The third-order valence-corrected chi connectivity index (χ3v) is 14.0. The highest BCUT2D eigenvalue weighted by Gasteiger charge is 2.69. The molecule has 0 spiro atoms. The molecule has 0 aromatic heterocycles. The number of fused-ring (bicyclic) bond motifs is 7. The van der Waals surface area contributed by atoms with E-state index in [1.54, 1.807) is 0 Å². The van der Waals surface area contributed by atoms with Crippen LogP contribution in [0.5, 0.6) is 0 Å². The number of aliphatic carboxylic acids is 1. The van der Waals surface area contributed by atoms with Crippen molar-refractivity contribution in [1.29, 1.82) is 0 Å². The van der Waals surface area contributed by atoms with Crippen LogP contribution in [0.4, 0.5) is 0 Å². The molecule has 0 bridgehead atoms. The van der Waals surface area contributed by atoms with Gasteiger partial charge in [0.1, 0.15) is 0 Å². The van der Waals surface area contributed by atoms with Crippen LogP contribution in [-0.4, -0.2) is 58.8 Å². The van der Waals surface area contributed by atoms with E-state index in [9.17, 15) is 15.0 Å². The minimum Gasteiger partial charge on any atom is -0.481 e. The fourth-order valence-electron chi connectivity index (χ4n) is 11.1. The Labute approximate surface area is 243 Å². The van der Waals surface area contributed by atoms with Crippen LogP contribution in [0.3, 0.4) is 0 Å². The third kappa shape index (κ3) is 4.62. The standard InChI is InChI=1S/C30H48O3.C4H11NO2/c1-18-10-15-30(25(32)33)17-16-28(6)20(24(30)19(18)2)8-9-22-27(5)13-12-23(31)26(3,4)21(27)11-14-29(22,28)7;6-3-1-5-2-4-7/h8,18-19,21-24,31H,9-17H2,1-7H3,(H,32,33);5-7H,1-4H2/t18-,19+,21+,22-,23+,24+,27+,28-,29-,30+;/m1./s1. The number of hydrogen-bond donors (Lipinski definition) is 5. The second-order valence-corrected chi connectivity index (χ2v) is 15.7. The number of aliphatic hydroxyl groups excluding tert-OH is 3. The second kappa shape index (κ2) is 11.3. The van der Waals surface area contributed by atoms with E-state index in [0.717, 1.165) is 44.9 Å². The van der Waals surface area contributed by atoms with Crippen LogP contribution < -0.4 is 5.32 Å². The van der Waals surface area contributed by atoms with Crippen LogP contribution in [0.15, 0.2) is 11.6 Å². The topological polar surface area (TPSA) is 110 Å². The van der Waals surface area contributed by atoms with Crippen LogP contribution in [0.25, 0.3) is 0 Å². The Morgan fingerprint density at radius 1 is 0.900 bits per heavy atom. The lowest BCUT2D eigenvalue weighted by Gasteiger charge is -2.71. The molecule has 4 fully saturated rings. The molecule has 5 N–H and O–H groups in total. The van der Waals surface area contributed by atoms with Gasteiger partial charge in [-0.3, -0.25) is 4.79 Å². The maximum absolute atomic E-state index is 12.8. The number of allylic oxidation sites excluding steroid dienone is 2. The molecule has 0 unspecified atom stereocenters. The molecular formula is C34H59NO5. The monoisotopic (exact) mass is 561 g/mol. The molecule has 5 aliphatic carbocycles. The molecule has 5 rings (SSSR count). The Bertz CT molecular complexity index is 960. The van der Waals surface area contributed by atoms with Gasteiger partial charge >= 0.3 is 5.97 Å². The number of carboxylic acid groups (broad SMARTS) is 1. The Morgan fingerprint density at radius 2 is 1.55 bits per heavy atom. The first kappa shape index (κ1) is 32.0. The summed E-state index contributed by atoms with van der Waals surface area (Å²) in [5.74, 6) is 1.82. The summed E-state index contributed by atoms with van der Waals surface area (Å²) in [6.07, 6.45) is 11.6. The van der Waals surface area contributed by atoms with Crippen LogP contribution in [0, 0.1) is 56.7 Å². The van der Waals surface area contributed by atoms with Crippen molar-refractivity contribution in [3.8, 4) is 0 Å². The zero-order chi connectivity index (χ0) is 29.7. The number of hydrogen-bond acceptors (Lipinski definition) is 5. The number of carbonyl (C=O) groups is 1. The average Bonchev–Trinajstić information content (AvgIpc) is 2.89. The SMILES string of the molecule is C[C@H]1[C@H](C)CC[C@]2(C(=O)O)CC[C@]3(C)C(=CC[C@@H]4[C@@]5(C)CC[C@H](O)C(C)(C)[C@@H]5CC[C@]43C)[C@H]12.OCCNCCO. The molecule has 0 aromatic rings. The van der Waals surface area contributed by atoms with Gasteiger partial charge in [-0.2, -0.15) is 0 Å². The predicted octanol–water partition coefficient (Wildman–Crippen LogP) is 5.65. The average molecular weight is 562 g/mol. The normalized spacial score (nSPS) is 47.3. The number of carboxylic acids is 1. The van der Waals surface area contributed by atoms with Gasteiger partial charge in [-0.05, 0) is 109 Å². The van der Waals surface area contributed by atoms with E-state index in [0.29, 0.717) is 36.8 Å². The van der Waals surface area contributed by atoms with Gasteiger partial charge in [0, 0.05) is 13.1 Å². The molecule has 0 aliphatic heterocycles. The van der Waals surface area contributed by atoms with Crippen molar-refractivity contribution >= 4 is 5.97 Å². The van der Waals surface area contributed by atoms with Crippen molar-refractivity contribution in [2.24, 2.45) is 56.7 Å². The summed E-state index contributed by atoms with van der Waals surface area (Å²) < 4.78 is 0. The lowest BCUT2D eigenvalue weighted by atomic mass is 9.33. The van der Waals surface area contributed by atoms with E-state index in [2.05, 4.69) is 59.9 Å². The van der Waals surface area contributed by atoms with Gasteiger partial charge in [0.25, 0.3) is 0 Å². The highest BCUT2D eigenvalue weighted by molar-refractivity contribution is 5.76. The van der Waals surface area contributed by atoms with Gasteiger partial charge in [0.15, 0.2) is 0 Å². The third-order valence-electron chi connectivity index (χ3n) is 14.0. The lowest BCUT2D eigenvalue weighted by Crippen LogP contribution is -2.65. The summed E-state index contributed by atoms with van der Waals surface area (Å²) >= 11 is 0. The van der Waals surface area contributed by atoms with Crippen molar-refractivity contribution in [1.82, 2.24) is 5.32 Å². The molecule has 230 valence electrons. The number of rotatable bonds is 5. The van der Waals surface area contributed by atoms with E-state index in [1.807, 2.05) is 0 Å². The van der Waals surface area contributed by atoms with Crippen molar-refractivity contribution in [2.75, 3.05) is 26.3 Å². The minimum atomic E-state index is -0.557. The molecule has 10 atom stereocenters. The first-order valence-corrected chi connectivity index (χ1v) is 16.2. The molecule has 4 saturated carbocycles. The van der Waals surface area contributed by atoms with E-state index >= 15 is 0 Å². The summed E-state index contributed by atoms with van der Waals surface area (Å²) in [4.78, 5) is 12.8. The molecule has 0 aromatic carbocycles. The van der Waals surface area contributed by atoms with Crippen LogP contribution in [-0.2, 0) is 4.79 Å². The van der Waals surface area contributed by atoms with E-state index < -0.39 is 11.4 Å². The minimum absolute atomic E-state index is 0.0302. The zero-order valence-electron chi connectivity index (χ0n) is 26.4. The van der Waals surface area contributed by atoms with Crippen LogP contribution in [0.1, 0.15) is 106 Å². The molecule has 5 aliphatic rings. The Hall–Kier alpha value is -0.950. The summed E-state index contributed by atoms with van der Waals surface area (Å²) in [5, 5.41) is 40.5. The Balaban J connectivity index is 0.000000470. The Morgan fingerprint density at radius 3 is 2.15 bits per heavy atom. The molecule has 6 heteroatoms. The maximum atomic E-state index is 12.8. The first-order chi connectivity index (χ1) is 18.7. The number of nitrogens with one attached hydrogen (secondary N) is 1. The zero-order valence-corrected chi connectivity index (χ0v) is 26.4. The molecule has 0 saturated heterocycles. The summed E-state index contributed by atoms with van der Waals surface area (Å²) in [7, 11) is 0. The van der Waals surface area contributed by atoms with Crippen molar-refractivity contribution in [3.05, 3.63) is 11.6 Å². The van der Waals surface area contributed by atoms with Crippen molar-refractivity contribution in [3.63, 3.8) is 0 Å². The highest BCUT2D eigenvalue weighted by atomic mass is 16.4. The predicted molar refractivity (Wildman–Crippen MR) is 160 cm³/mol. The summed E-state index contributed by atoms with van der Waals surface area (Å²) in [5.41, 5.74) is 1.46.